The summed E-state index contributed by atoms with van der Waals surface area (Å²) >= 11 is 3.11. The van der Waals surface area contributed by atoms with E-state index in [1.54, 1.807) is 6.92 Å². The molecule has 0 aromatic heterocycles. The molecule has 1 unspecified atom stereocenters. The monoisotopic (exact) mass is 272 g/mol. The molecule has 1 rings (SSSR count). The predicted octanol–water partition coefficient (Wildman–Crippen LogP) is 2.32. The molecule has 1 aromatic rings. The fourth-order valence-electron chi connectivity index (χ4n) is 0.908. The molecule has 80 valence electrons. The summed E-state index contributed by atoms with van der Waals surface area (Å²) in [5, 5.41) is 13.0. The lowest BCUT2D eigenvalue weighted by atomic mass is 10.3. The minimum absolute atomic E-state index is 0.000102. The van der Waals surface area contributed by atoms with Gasteiger partial charge in [0.1, 0.15) is 0 Å². The topological polar surface area (TPSA) is 72.2 Å². The predicted molar refractivity (Wildman–Crippen MR) is 60.1 cm³/mol. The molecule has 1 N–H and O–H groups in total. The van der Waals surface area contributed by atoms with Crippen LogP contribution in [0.5, 0.6) is 0 Å². The smallest absolute Gasteiger partial charge is 0.269 e. The summed E-state index contributed by atoms with van der Waals surface area (Å²) < 4.78 is 0. The Kier molecular flexibility index (Phi) is 3.79. The standard InChI is InChI=1S/C9H9BrN2O3/c1-6(10)9(13)11-7-2-4-8(5-3-7)12(14)15/h2-6H,1H3,(H,11,13). The van der Waals surface area contributed by atoms with E-state index in [1.807, 2.05) is 0 Å². The highest BCUT2D eigenvalue weighted by Gasteiger charge is 2.09. The van der Waals surface area contributed by atoms with E-state index in [9.17, 15) is 14.9 Å². The Balaban J connectivity index is 2.73. The minimum atomic E-state index is -0.487. The Bertz CT molecular complexity index is 375. The number of alkyl halides is 1. The molecule has 6 heteroatoms. The number of nitrogens with zero attached hydrogens (tertiary/aromatic N) is 1. The van der Waals surface area contributed by atoms with E-state index in [2.05, 4.69) is 21.2 Å². The quantitative estimate of drug-likeness (QED) is 0.521. The van der Waals surface area contributed by atoms with Crippen molar-refractivity contribution in [1.29, 1.82) is 0 Å². The molecule has 5 nitrogen and oxygen atoms in total. The van der Waals surface area contributed by atoms with Crippen LogP contribution in [0.2, 0.25) is 0 Å². The van der Waals surface area contributed by atoms with Gasteiger partial charge < -0.3 is 5.32 Å². The third-order valence-corrected chi connectivity index (χ3v) is 2.12. The van der Waals surface area contributed by atoms with Gasteiger partial charge in [-0.2, -0.15) is 0 Å². The molecule has 0 heterocycles. The van der Waals surface area contributed by atoms with Crippen LogP contribution in [-0.2, 0) is 4.79 Å². The lowest BCUT2D eigenvalue weighted by Crippen LogP contribution is -2.19. The van der Waals surface area contributed by atoms with Crippen LogP contribution in [0.4, 0.5) is 11.4 Å². The molecular formula is C9H9BrN2O3. The minimum Gasteiger partial charge on any atom is -0.325 e. The number of benzene rings is 1. The highest BCUT2D eigenvalue weighted by atomic mass is 79.9. The van der Waals surface area contributed by atoms with Crippen molar-refractivity contribution in [3.63, 3.8) is 0 Å². The van der Waals surface area contributed by atoms with Crippen LogP contribution < -0.4 is 5.32 Å². The number of nitro benzene ring substituents is 1. The molecule has 0 radical (unpaired) electrons. The van der Waals surface area contributed by atoms with E-state index < -0.39 is 4.92 Å². The molecule has 1 amide bonds. The van der Waals surface area contributed by atoms with Crippen LogP contribution in [0.3, 0.4) is 0 Å². The van der Waals surface area contributed by atoms with Crippen LogP contribution >= 0.6 is 15.9 Å². The van der Waals surface area contributed by atoms with Gasteiger partial charge in [-0.3, -0.25) is 14.9 Å². The van der Waals surface area contributed by atoms with Gasteiger partial charge in [-0.25, -0.2) is 0 Å². The summed E-state index contributed by atoms with van der Waals surface area (Å²) in [6.07, 6.45) is 0. The molecule has 0 aliphatic carbocycles. The third-order valence-electron chi connectivity index (χ3n) is 1.71. The van der Waals surface area contributed by atoms with Crippen LogP contribution in [0.15, 0.2) is 24.3 Å². The molecule has 1 atom stereocenters. The maximum Gasteiger partial charge on any atom is 0.269 e. The number of anilines is 1. The molecule has 0 saturated heterocycles. The first-order valence-electron chi connectivity index (χ1n) is 4.20. The Labute approximate surface area is 94.8 Å². The van der Waals surface area contributed by atoms with Crippen molar-refractivity contribution in [1.82, 2.24) is 0 Å². The molecule has 0 spiro atoms. The van der Waals surface area contributed by atoms with Crippen molar-refractivity contribution in [2.75, 3.05) is 5.32 Å². The number of hydrogen-bond donors (Lipinski definition) is 1. The maximum atomic E-state index is 11.2. The Hall–Kier alpha value is -1.43. The Morgan fingerprint density at radius 1 is 1.47 bits per heavy atom. The van der Waals surface area contributed by atoms with Gasteiger partial charge in [0.15, 0.2) is 0 Å². The van der Waals surface area contributed by atoms with Crippen LogP contribution in [0.1, 0.15) is 6.92 Å². The summed E-state index contributed by atoms with van der Waals surface area (Å²) in [4.78, 5) is 20.8. The first-order chi connectivity index (χ1) is 7.00. The van der Waals surface area contributed by atoms with Crippen molar-refractivity contribution in [3.8, 4) is 0 Å². The van der Waals surface area contributed by atoms with Gasteiger partial charge in [-0.15, -0.1) is 0 Å². The maximum absolute atomic E-state index is 11.2. The van der Waals surface area contributed by atoms with Gasteiger partial charge in [0.2, 0.25) is 5.91 Å². The number of non-ortho nitro benzene ring substituents is 1. The number of carbonyl (C=O) groups is 1. The molecule has 0 aliphatic heterocycles. The first kappa shape index (κ1) is 11.6. The summed E-state index contributed by atoms with van der Waals surface area (Å²) in [5.74, 6) is -0.191. The zero-order valence-electron chi connectivity index (χ0n) is 7.94. The Morgan fingerprint density at radius 3 is 2.40 bits per heavy atom. The number of amides is 1. The van der Waals surface area contributed by atoms with Gasteiger partial charge in [0.25, 0.3) is 5.69 Å². The highest BCUT2D eigenvalue weighted by molar-refractivity contribution is 9.10. The Morgan fingerprint density at radius 2 is 2.00 bits per heavy atom. The van der Waals surface area contributed by atoms with E-state index >= 15 is 0 Å². The van der Waals surface area contributed by atoms with Crippen molar-refractivity contribution < 1.29 is 9.72 Å². The SMILES string of the molecule is CC(Br)C(=O)Nc1ccc([N+](=O)[O-])cc1. The zero-order chi connectivity index (χ0) is 11.4. The number of hydrogen-bond acceptors (Lipinski definition) is 3. The van der Waals surface area contributed by atoms with Crippen molar-refractivity contribution >= 4 is 33.2 Å². The van der Waals surface area contributed by atoms with Crippen LogP contribution in [0, 0.1) is 10.1 Å². The van der Waals surface area contributed by atoms with Gasteiger partial charge in [0, 0.05) is 17.8 Å². The van der Waals surface area contributed by atoms with Gasteiger partial charge in [0.05, 0.1) is 9.75 Å². The molecule has 0 fully saturated rings. The van der Waals surface area contributed by atoms with E-state index in [0.29, 0.717) is 5.69 Å². The summed E-state index contributed by atoms with van der Waals surface area (Å²) in [5.41, 5.74) is 0.539. The second kappa shape index (κ2) is 4.88. The summed E-state index contributed by atoms with van der Waals surface area (Å²) in [6.45, 7) is 1.70. The fourth-order valence-corrected chi connectivity index (χ4v) is 1.02. The molecule has 0 saturated carbocycles. The number of halogens is 1. The highest BCUT2D eigenvalue weighted by Crippen LogP contribution is 2.16. The van der Waals surface area contributed by atoms with Crippen LogP contribution in [-0.4, -0.2) is 15.7 Å². The molecule has 1 aromatic carbocycles. The average Bonchev–Trinajstić information content (AvgIpc) is 2.18. The largest absolute Gasteiger partial charge is 0.325 e. The second-order valence-electron chi connectivity index (χ2n) is 2.91. The number of nitro groups is 1. The van der Waals surface area contributed by atoms with E-state index in [1.165, 1.54) is 24.3 Å². The lowest BCUT2D eigenvalue weighted by Gasteiger charge is -2.05. The van der Waals surface area contributed by atoms with Gasteiger partial charge in [-0.1, -0.05) is 15.9 Å². The van der Waals surface area contributed by atoms with E-state index in [4.69, 9.17) is 0 Å². The van der Waals surface area contributed by atoms with Crippen molar-refractivity contribution in [2.24, 2.45) is 0 Å². The summed E-state index contributed by atoms with van der Waals surface area (Å²) in [6, 6.07) is 5.67. The average molecular weight is 273 g/mol. The number of nitrogens with one attached hydrogen (secondary N) is 1. The van der Waals surface area contributed by atoms with Gasteiger partial charge >= 0.3 is 0 Å². The van der Waals surface area contributed by atoms with E-state index in [0.717, 1.165) is 0 Å². The molecule has 15 heavy (non-hydrogen) atoms. The second-order valence-corrected chi connectivity index (χ2v) is 4.28. The first-order valence-corrected chi connectivity index (χ1v) is 5.11. The normalized spacial score (nSPS) is 11.9. The lowest BCUT2D eigenvalue weighted by molar-refractivity contribution is -0.384. The van der Waals surface area contributed by atoms with Crippen molar-refractivity contribution in [2.45, 2.75) is 11.8 Å². The van der Waals surface area contributed by atoms with Gasteiger partial charge in [-0.05, 0) is 19.1 Å². The number of carbonyl (C=O) groups excluding carboxylic acids is 1. The summed E-state index contributed by atoms with van der Waals surface area (Å²) in [7, 11) is 0. The zero-order valence-corrected chi connectivity index (χ0v) is 9.52. The fraction of sp³-hybridized carbons (Fsp3) is 0.222. The van der Waals surface area contributed by atoms with Crippen LogP contribution in [0.25, 0.3) is 0 Å². The third kappa shape index (κ3) is 3.32. The molecule has 0 bridgehead atoms. The number of rotatable bonds is 3. The molecular weight excluding hydrogens is 264 g/mol. The molecule has 0 aliphatic rings. The van der Waals surface area contributed by atoms with Crippen molar-refractivity contribution in [3.05, 3.63) is 34.4 Å². The van der Waals surface area contributed by atoms with E-state index in [-0.39, 0.29) is 16.4 Å².